The molecule has 0 spiro atoms. The highest BCUT2D eigenvalue weighted by molar-refractivity contribution is 9.10. The minimum Gasteiger partial charge on any atom is -0.490 e. The summed E-state index contributed by atoms with van der Waals surface area (Å²) in [7, 11) is 0. The Labute approximate surface area is 229 Å². The number of benzene rings is 3. The quantitative estimate of drug-likeness (QED) is 0.213. The number of carbonyl (C=O) groups excluding carboxylic acids is 1. The Hall–Kier alpha value is -2.74. The highest BCUT2D eigenvalue weighted by Gasteiger charge is 2.14. The van der Waals surface area contributed by atoms with Crippen LogP contribution in [0, 0.1) is 0 Å². The number of anilines is 1. The first-order valence-electron chi connectivity index (χ1n) is 11.7. The van der Waals surface area contributed by atoms with Crippen molar-refractivity contribution >= 4 is 56.9 Å². The van der Waals surface area contributed by atoms with Crippen LogP contribution < -0.4 is 19.8 Å². The molecule has 36 heavy (non-hydrogen) atoms. The fraction of sp³-hybridized carbons (Fsp3) is 0.259. The van der Waals surface area contributed by atoms with Crippen LogP contribution in [0.25, 0.3) is 0 Å². The lowest BCUT2D eigenvalue weighted by atomic mass is 10.2. The van der Waals surface area contributed by atoms with Gasteiger partial charge in [-0.25, -0.2) is 5.43 Å². The van der Waals surface area contributed by atoms with Crippen molar-refractivity contribution in [2.24, 2.45) is 5.10 Å². The van der Waals surface area contributed by atoms with Crippen molar-refractivity contribution in [3.05, 3.63) is 85.8 Å². The number of nitrogens with one attached hydrogen (secondary N) is 1. The minimum atomic E-state index is -0.273. The number of hydrazone groups is 1. The van der Waals surface area contributed by atoms with Crippen LogP contribution in [0.2, 0.25) is 10.0 Å². The molecule has 0 aliphatic carbocycles. The fourth-order valence-corrected chi connectivity index (χ4v) is 4.77. The van der Waals surface area contributed by atoms with Gasteiger partial charge in [-0.1, -0.05) is 29.3 Å². The van der Waals surface area contributed by atoms with Gasteiger partial charge in [0.1, 0.15) is 6.61 Å². The third-order valence-corrected chi connectivity index (χ3v) is 7.01. The maximum Gasteiger partial charge on any atom is 0.271 e. The number of hydrogen-bond donors (Lipinski definition) is 1. The molecule has 3 aromatic carbocycles. The van der Waals surface area contributed by atoms with Gasteiger partial charge in [0, 0.05) is 24.3 Å². The lowest BCUT2D eigenvalue weighted by molar-refractivity contribution is 0.0955. The Morgan fingerprint density at radius 1 is 1.06 bits per heavy atom. The molecule has 6 nitrogen and oxygen atoms in total. The van der Waals surface area contributed by atoms with Crippen molar-refractivity contribution in [2.45, 2.75) is 26.4 Å². The van der Waals surface area contributed by atoms with Crippen molar-refractivity contribution < 1.29 is 14.3 Å². The van der Waals surface area contributed by atoms with E-state index in [0.717, 1.165) is 29.9 Å². The Balaban J connectivity index is 1.40. The molecule has 9 heteroatoms. The lowest BCUT2D eigenvalue weighted by Gasteiger charge is -2.17. The lowest BCUT2D eigenvalue weighted by Crippen LogP contribution is -2.19. The first-order chi connectivity index (χ1) is 17.4. The van der Waals surface area contributed by atoms with Gasteiger partial charge < -0.3 is 14.4 Å². The van der Waals surface area contributed by atoms with Gasteiger partial charge >= 0.3 is 0 Å². The van der Waals surface area contributed by atoms with Crippen molar-refractivity contribution in [1.29, 1.82) is 0 Å². The summed E-state index contributed by atoms with van der Waals surface area (Å²) in [6.07, 6.45) is 3.98. The second-order valence-corrected chi connectivity index (χ2v) is 9.91. The first kappa shape index (κ1) is 26.3. The molecule has 1 aliphatic rings. The van der Waals surface area contributed by atoms with E-state index in [0.29, 0.717) is 38.2 Å². The molecule has 3 aromatic rings. The van der Waals surface area contributed by atoms with Gasteiger partial charge in [-0.3, -0.25) is 4.79 Å². The van der Waals surface area contributed by atoms with E-state index in [1.165, 1.54) is 12.8 Å². The summed E-state index contributed by atoms with van der Waals surface area (Å²) in [5, 5.41) is 5.08. The number of nitrogens with zero attached hydrogens (tertiary/aromatic N) is 2. The van der Waals surface area contributed by atoms with Gasteiger partial charge in [-0.15, -0.1) is 0 Å². The van der Waals surface area contributed by atoms with Crippen LogP contribution in [0.15, 0.2) is 64.2 Å². The zero-order valence-electron chi connectivity index (χ0n) is 19.8. The van der Waals surface area contributed by atoms with Crippen molar-refractivity contribution in [1.82, 2.24) is 5.43 Å². The molecule has 0 aromatic heterocycles. The predicted molar refractivity (Wildman–Crippen MR) is 149 cm³/mol. The third kappa shape index (κ3) is 6.72. The van der Waals surface area contributed by atoms with E-state index >= 15 is 0 Å². The first-order valence-corrected chi connectivity index (χ1v) is 13.2. The summed E-state index contributed by atoms with van der Waals surface area (Å²) in [5.41, 5.74) is 5.89. The van der Waals surface area contributed by atoms with E-state index in [2.05, 4.69) is 31.4 Å². The fourth-order valence-electron chi connectivity index (χ4n) is 3.88. The van der Waals surface area contributed by atoms with Crippen LogP contribution in [-0.4, -0.2) is 31.8 Å². The second kappa shape index (κ2) is 12.5. The topological polar surface area (TPSA) is 63.2 Å². The number of carbonyl (C=O) groups is 1. The summed E-state index contributed by atoms with van der Waals surface area (Å²) < 4.78 is 12.5. The van der Waals surface area contributed by atoms with Crippen LogP contribution in [-0.2, 0) is 6.61 Å². The molecule has 0 saturated carbocycles. The normalized spacial score (nSPS) is 13.3. The van der Waals surface area contributed by atoms with Crippen LogP contribution in [0.5, 0.6) is 11.5 Å². The van der Waals surface area contributed by atoms with Crippen LogP contribution in [0.4, 0.5) is 5.69 Å². The molecular formula is C27H26BrCl2N3O3. The molecule has 0 radical (unpaired) electrons. The number of rotatable bonds is 9. The summed E-state index contributed by atoms with van der Waals surface area (Å²) in [5.74, 6) is 0.837. The number of amides is 1. The Morgan fingerprint density at radius 3 is 2.50 bits per heavy atom. The standard InChI is InChI=1S/C27H26BrCl2N3O3/c1-2-35-25-15-19(13-22(28)26(25)36-17-18-5-10-23(29)24(30)14-18)16-31-32-27(34)20-6-8-21(9-7-20)33-11-3-4-12-33/h5-10,13-16H,2-4,11-12,17H2,1H3,(H,32,34)/b31-16-. The van der Waals surface area contributed by atoms with Gasteiger partial charge in [0.2, 0.25) is 0 Å². The Kier molecular flexibility index (Phi) is 9.13. The molecule has 188 valence electrons. The summed E-state index contributed by atoms with van der Waals surface area (Å²) in [4.78, 5) is 14.8. The van der Waals surface area contributed by atoms with Gasteiger partial charge in [0.15, 0.2) is 11.5 Å². The largest absolute Gasteiger partial charge is 0.490 e. The average molecular weight is 591 g/mol. The van der Waals surface area contributed by atoms with Crippen LogP contribution >= 0.6 is 39.1 Å². The maximum absolute atomic E-state index is 12.5. The van der Waals surface area contributed by atoms with Gasteiger partial charge in [0.25, 0.3) is 5.91 Å². The second-order valence-electron chi connectivity index (χ2n) is 8.24. The highest BCUT2D eigenvalue weighted by atomic mass is 79.9. The molecule has 1 aliphatic heterocycles. The molecular weight excluding hydrogens is 565 g/mol. The molecule has 1 N–H and O–H groups in total. The Bertz CT molecular complexity index is 1250. The van der Waals surface area contributed by atoms with Crippen molar-refractivity contribution in [3.8, 4) is 11.5 Å². The van der Waals surface area contributed by atoms with E-state index < -0.39 is 0 Å². The molecule has 1 heterocycles. The van der Waals surface area contributed by atoms with E-state index in [1.807, 2.05) is 43.3 Å². The van der Waals surface area contributed by atoms with E-state index in [-0.39, 0.29) is 12.5 Å². The summed E-state index contributed by atoms with van der Waals surface area (Å²) >= 11 is 15.7. The molecule has 0 bridgehead atoms. The van der Waals surface area contributed by atoms with Crippen LogP contribution in [0.1, 0.15) is 41.3 Å². The van der Waals surface area contributed by atoms with Gasteiger partial charge in [-0.2, -0.15) is 5.10 Å². The number of halogens is 3. The Morgan fingerprint density at radius 2 is 1.81 bits per heavy atom. The van der Waals surface area contributed by atoms with Crippen molar-refractivity contribution in [3.63, 3.8) is 0 Å². The predicted octanol–water partition coefficient (Wildman–Crippen LogP) is 7.10. The van der Waals surface area contributed by atoms with Crippen LogP contribution in [0.3, 0.4) is 0 Å². The average Bonchev–Trinajstić information content (AvgIpc) is 3.41. The van der Waals surface area contributed by atoms with E-state index in [9.17, 15) is 4.79 Å². The molecule has 0 atom stereocenters. The number of ether oxygens (including phenoxy) is 2. The van der Waals surface area contributed by atoms with Crippen molar-refractivity contribution in [2.75, 3.05) is 24.6 Å². The van der Waals surface area contributed by atoms with E-state index in [4.69, 9.17) is 32.7 Å². The monoisotopic (exact) mass is 589 g/mol. The van der Waals surface area contributed by atoms with Gasteiger partial charge in [-0.05, 0) is 95.4 Å². The zero-order chi connectivity index (χ0) is 25.5. The molecule has 4 rings (SSSR count). The molecule has 1 fully saturated rings. The maximum atomic E-state index is 12.5. The zero-order valence-corrected chi connectivity index (χ0v) is 22.9. The highest BCUT2D eigenvalue weighted by Crippen LogP contribution is 2.37. The van der Waals surface area contributed by atoms with E-state index in [1.54, 1.807) is 24.4 Å². The third-order valence-electron chi connectivity index (χ3n) is 5.68. The summed E-state index contributed by atoms with van der Waals surface area (Å²) in [6, 6.07) is 16.6. The SMILES string of the molecule is CCOc1cc(/C=N\NC(=O)c2ccc(N3CCCC3)cc2)cc(Br)c1OCc1ccc(Cl)c(Cl)c1. The molecule has 1 saturated heterocycles. The molecule has 0 unspecified atom stereocenters. The molecule has 1 amide bonds. The smallest absolute Gasteiger partial charge is 0.271 e. The van der Waals surface area contributed by atoms with Gasteiger partial charge in [0.05, 0.1) is 27.3 Å². The number of hydrogen-bond acceptors (Lipinski definition) is 5. The minimum absolute atomic E-state index is 0.273. The summed E-state index contributed by atoms with van der Waals surface area (Å²) in [6.45, 7) is 4.77.